The molecule has 0 amide bonds. The highest BCUT2D eigenvalue weighted by molar-refractivity contribution is 8.35. The molecule has 0 aromatic heterocycles. The zero-order chi connectivity index (χ0) is 16.4. The molecule has 0 aliphatic carbocycles. The van der Waals surface area contributed by atoms with Gasteiger partial charge in [-0.3, -0.25) is 9.59 Å². The van der Waals surface area contributed by atoms with E-state index in [1.165, 1.54) is 23.5 Å². The van der Waals surface area contributed by atoms with Gasteiger partial charge < -0.3 is 0 Å². The third-order valence-corrected chi connectivity index (χ3v) is 6.91. The van der Waals surface area contributed by atoms with Gasteiger partial charge in [-0.15, -0.1) is 0 Å². The lowest BCUT2D eigenvalue weighted by Gasteiger charge is -2.20. The van der Waals surface area contributed by atoms with Crippen molar-refractivity contribution >= 4 is 34.4 Å². The molecule has 2 aromatic rings. The van der Waals surface area contributed by atoms with Crippen molar-refractivity contribution in [2.24, 2.45) is 0 Å². The largest absolute Gasteiger partial charge is 0.289 e. The average Bonchev–Trinajstić information content (AvgIpc) is 2.91. The van der Waals surface area contributed by atoms with Gasteiger partial charge in [-0.05, 0) is 31.2 Å². The molecule has 1 atom stereocenters. The second-order valence-corrected chi connectivity index (χ2v) is 8.17. The van der Waals surface area contributed by atoms with E-state index in [-0.39, 0.29) is 10.9 Å². The summed E-state index contributed by atoms with van der Waals surface area (Å²) in [5.41, 5.74) is 2.26. The van der Waals surface area contributed by atoms with E-state index in [0.29, 0.717) is 11.1 Å². The normalized spacial score (nSPS) is 23.0. The molecule has 23 heavy (non-hydrogen) atoms. The van der Waals surface area contributed by atoms with Crippen molar-refractivity contribution in [3.63, 3.8) is 0 Å². The van der Waals surface area contributed by atoms with Crippen molar-refractivity contribution in [3.8, 4) is 0 Å². The van der Waals surface area contributed by atoms with E-state index in [4.69, 9.17) is 0 Å². The minimum atomic E-state index is -0.639. The zero-order valence-corrected chi connectivity index (χ0v) is 14.5. The fourth-order valence-corrected chi connectivity index (χ4v) is 5.24. The number of ketones is 1. The van der Waals surface area contributed by atoms with Crippen LogP contribution in [0.3, 0.4) is 0 Å². The molecule has 1 fully saturated rings. The molecule has 2 nitrogen and oxygen atoms in total. The summed E-state index contributed by atoms with van der Waals surface area (Å²) in [7, 11) is 0. The standard InChI is InChI=1S/C19H16O2S2/c1-13(16(20)14-9-5-3-6-10-14)17-22-18(21)19(2,23-17)15-11-7-4-8-12-15/h3-12H,1-2H3/b17-13-. The maximum absolute atomic E-state index is 12.6. The Morgan fingerprint density at radius 1 is 0.957 bits per heavy atom. The first-order chi connectivity index (χ1) is 11.0. The molecular weight excluding hydrogens is 324 g/mol. The minimum absolute atomic E-state index is 0.0225. The van der Waals surface area contributed by atoms with Crippen LogP contribution in [-0.2, 0) is 9.54 Å². The topological polar surface area (TPSA) is 34.1 Å². The molecule has 1 saturated heterocycles. The number of rotatable bonds is 3. The van der Waals surface area contributed by atoms with Crippen molar-refractivity contribution in [2.75, 3.05) is 0 Å². The molecule has 2 aromatic carbocycles. The number of carbonyl (C=O) groups is 2. The highest BCUT2D eigenvalue weighted by Crippen LogP contribution is 2.56. The van der Waals surface area contributed by atoms with Gasteiger partial charge in [0.15, 0.2) is 5.78 Å². The van der Waals surface area contributed by atoms with Crippen LogP contribution in [0.5, 0.6) is 0 Å². The molecule has 1 aliphatic heterocycles. The van der Waals surface area contributed by atoms with Crippen LogP contribution < -0.4 is 0 Å². The highest BCUT2D eigenvalue weighted by Gasteiger charge is 2.44. The Morgan fingerprint density at radius 2 is 1.52 bits per heavy atom. The maximum Gasteiger partial charge on any atom is 0.214 e. The van der Waals surface area contributed by atoms with E-state index < -0.39 is 4.75 Å². The summed E-state index contributed by atoms with van der Waals surface area (Å²) in [5.74, 6) is -0.0225. The predicted octanol–water partition coefficient (Wildman–Crippen LogP) is 5.02. The summed E-state index contributed by atoms with van der Waals surface area (Å²) in [6.07, 6.45) is 0. The summed E-state index contributed by atoms with van der Waals surface area (Å²) >= 11 is 2.66. The summed E-state index contributed by atoms with van der Waals surface area (Å²) in [6.45, 7) is 3.73. The van der Waals surface area contributed by atoms with E-state index in [1.54, 1.807) is 19.1 Å². The summed E-state index contributed by atoms with van der Waals surface area (Å²) in [5, 5.41) is 0.0731. The van der Waals surface area contributed by atoms with E-state index in [1.807, 2.05) is 55.5 Å². The van der Waals surface area contributed by atoms with E-state index in [9.17, 15) is 9.59 Å². The van der Waals surface area contributed by atoms with Crippen molar-refractivity contribution < 1.29 is 9.59 Å². The number of allylic oxidation sites excluding steroid dienone is 1. The van der Waals surface area contributed by atoms with E-state index in [2.05, 4.69) is 0 Å². The molecule has 1 heterocycles. The Morgan fingerprint density at radius 3 is 2.13 bits per heavy atom. The van der Waals surface area contributed by atoms with Crippen LogP contribution in [0.25, 0.3) is 0 Å². The minimum Gasteiger partial charge on any atom is -0.289 e. The first-order valence-corrected chi connectivity index (χ1v) is 8.93. The lowest BCUT2D eigenvalue weighted by atomic mass is 10.0. The Bertz CT molecular complexity index is 782. The molecule has 0 spiro atoms. The average molecular weight is 340 g/mol. The molecular formula is C19H16O2S2. The number of hydrogen-bond donors (Lipinski definition) is 0. The molecule has 0 N–H and O–H groups in total. The first kappa shape index (κ1) is 16.1. The lowest BCUT2D eigenvalue weighted by molar-refractivity contribution is -0.112. The van der Waals surface area contributed by atoms with Gasteiger partial charge in [-0.2, -0.15) is 0 Å². The monoisotopic (exact) mass is 340 g/mol. The number of Topliss-reactive ketones (excluding diaryl/α,β-unsaturated/α-hetero) is 1. The third-order valence-electron chi connectivity index (χ3n) is 3.88. The fraction of sp³-hybridized carbons (Fsp3) is 0.158. The van der Waals surface area contributed by atoms with Gasteiger partial charge in [0.05, 0.1) is 4.24 Å². The van der Waals surface area contributed by atoms with Crippen LogP contribution >= 0.6 is 23.5 Å². The molecule has 116 valence electrons. The third kappa shape index (κ3) is 3.01. The molecule has 1 aliphatic rings. The van der Waals surface area contributed by atoms with Crippen molar-refractivity contribution in [3.05, 3.63) is 81.6 Å². The van der Waals surface area contributed by atoms with Crippen LogP contribution in [0.1, 0.15) is 29.8 Å². The summed E-state index contributed by atoms with van der Waals surface area (Å²) in [4.78, 5) is 25.2. The van der Waals surface area contributed by atoms with Gasteiger partial charge in [0.25, 0.3) is 0 Å². The summed E-state index contributed by atoms with van der Waals surface area (Å²) < 4.78 is 0.162. The molecule has 0 bridgehead atoms. The number of thioether (sulfide) groups is 2. The van der Waals surface area contributed by atoms with Crippen LogP contribution in [0.2, 0.25) is 0 Å². The van der Waals surface area contributed by atoms with Crippen molar-refractivity contribution in [1.29, 1.82) is 0 Å². The van der Waals surface area contributed by atoms with Crippen LogP contribution in [0.4, 0.5) is 0 Å². The van der Waals surface area contributed by atoms with Gasteiger partial charge in [-0.25, -0.2) is 0 Å². The Balaban J connectivity index is 1.94. The molecule has 3 rings (SSSR count). The van der Waals surface area contributed by atoms with Gasteiger partial charge in [0.1, 0.15) is 4.75 Å². The zero-order valence-electron chi connectivity index (χ0n) is 12.9. The Labute approximate surface area is 144 Å². The fourth-order valence-electron chi connectivity index (χ4n) is 2.41. The van der Waals surface area contributed by atoms with Crippen molar-refractivity contribution in [1.82, 2.24) is 0 Å². The second-order valence-electron chi connectivity index (χ2n) is 5.50. The second kappa shape index (κ2) is 6.38. The quantitative estimate of drug-likeness (QED) is 0.580. The number of hydrogen-bond acceptors (Lipinski definition) is 4. The first-order valence-electron chi connectivity index (χ1n) is 7.30. The number of benzene rings is 2. The summed E-state index contributed by atoms with van der Waals surface area (Å²) in [6, 6.07) is 18.9. The SMILES string of the molecule is C/C(C(=O)c1ccccc1)=C1\SC(=O)C(C)(c2ccccc2)S1. The number of carbonyl (C=O) groups excluding carboxylic acids is 2. The van der Waals surface area contributed by atoms with Crippen LogP contribution in [0, 0.1) is 0 Å². The van der Waals surface area contributed by atoms with E-state index >= 15 is 0 Å². The van der Waals surface area contributed by atoms with Gasteiger partial charge in [0, 0.05) is 11.1 Å². The highest BCUT2D eigenvalue weighted by atomic mass is 32.2. The molecule has 4 heteroatoms. The maximum atomic E-state index is 12.6. The molecule has 0 radical (unpaired) electrons. The Hall–Kier alpha value is -1.78. The van der Waals surface area contributed by atoms with Crippen LogP contribution in [0.15, 0.2) is 70.5 Å². The van der Waals surface area contributed by atoms with Crippen molar-refractivity contribution in [2.45, 2.75) is 18.6 Å². The van der Waals surface area contributed by atoms with Crippen LogP contribution in [-0.4, -0.2) is 10.9 Å². The van der Waals surface area contributed by atoms with Gasteiger partial charge in [-0.1, -0.05) is 72.4 Å². The van der Waals surface area contributed by atoms with Gasteiger partial charge >= 0.3 is 0 Å². The lowest BCUT2D eigenvalue weighted by Crippen LogP contribution is -2.21. The van der Waals surface area contributed by atoms with E-state index in [0.717, 1.165) is 9.80 Å². The Kier molecular flexibility index (Phi) is 4.46. The van der Waals surface area contributed by atoms with Gasteiger partial charge in [0.2, 0.25) is 5.12 Å². The predicted molar refractivity (Wildman–Crippen MR) is 97.5 cm³/mol. The molecule has 1 unspecified atom stereocenters. The smallest absolute Gasteiger partial charge is 0.214 e. The molecule has 0 saturated carbocycles.